The summed E-state index contributed by atoms with van der Waals surface area (Å²) in [5, 5.41) is 2.57. The minimum atomic E-state index is 0.106. The van der Waals surface area contributed by atoms with E-state index in [9.17, 15) is 0 Å². The molecule has 52 heavy (non-hydrogen) atoms. The van der Waals surface area contributed by atoms with Gasteiger partial charge in [0.15, 0.2) is 17.5 Å². The fraction of sp³-hybridized carbons (Fsp3) is 0.188. The van der Waals surface area contributed by atoms with Crippen LogP contribution in [-0.4, -0.2) is 15.0 Å². The standard InChI is InChI=1S/C48H35N3O/c1-3-10-29(11-4-1)45-49-46(30-12-5-2-6-13-30)51-47(50-45)33-15-9-14-31(25-33)32-18-19-38-42(27-32)52-41-21-20-37-36-16-7-8-17-39(36)48(44(37)43(38)41)35-23-28-22-34(26-35)40(48)24-28/h1-21,25,27-28,34-35,40H,22-24,26H2. The van der Waals surface area contributed by atoms with Gasteiger partial charge in [-0.25, -0.2) is 15.0 Å². The maximum Gasteiger partial charge on any atom is 0.164 e. The average molecular weight is 670 g/mol. The van der Waals surface area contributed by atoms with Crippen molar-refractivity contribution in [3.05, 3.63) is 151 Å². The lowest BCUT2D eigenvalue weighted by Gasteiger charge is -2.44. The monoisotopic (exact) mass is 669 g/mol. The fourth-order valence-electron chi connectivity index (χ4n) is 11.3. The highest BCUT2D eigenvalue weighted by Gasteiger charge is 2.66. The Kier molecular flexibility index (Phi) is 5.86. The van der Waals surface area contributed by atoms with E-state index in [4.69, 9.17) is 19.4 Å². The second-order valence-electron chi connectivity index (χ2n) is 15.6. The second kappa shape index (κ2) is 10.6. The van der Waals surface area contributed by atoms with Crippen LogP contribution in [-0.2, 0) is 5.41 Å². The molecule has 4 fully saturated rings. The van der Waals surface area contributed by atoms with Crippen LogP contribution in [0.1, 0.15) is 36.8 Å². The molecule has 5 aliphatic rings. The summed E-state index contributed by atoms with van der Waals surface area (Å²) >= 11 is 0. The number of aromatic nitrogens is 3. The topological polar surface area (TPSA) is 51.8 Å². The summed E-state index contributed by atoms with van der Waals surface area (Å²) in [4.78, 5) is 14.9. The summed E-state index contributed by atoms with van der Waals surface area (Å²) in [7, 11) is 0. The van der Waals surface area contributed by atoms with Crippen LogP contribution in [0.25, 0.3) is 78.4 Å². The SMILES string of the molecule is c1ccc(-c2nc(-c3ccccc3)nc(-c3cccc(-c4ccc5c(c4)oc4ccc6c(c45)C4(c5ccccc5-6)C5CC6CC(C5)C4C6)c3)n2)cc1. The van der Waals surface area contributed by atoms with Crippen molar-refractivity contribution in [2.75, 3.05) is 0 Å². The molecule has 1 spiro atoms. The Morgan fingerprint density at radius 2 is 1.17 bits per heavy atom. The van der Waals surface area contributed by atoms with E-state index < -0.39 is 0 Å². The highest BCUT2D eigenvalue weighted by molar-refractivity contribution is 6.12. The molecule has 13 rings (SSSR count). The molecule has 4 saturated carbocycles. The van der Waals surface area contributed by atoms with Gasteiger partial charge >= 0.3 is 0 Å². The quantitative estimate of drug-likeness (QED) is 0.187. The third-order valence-corrected chi connectivity index (χ3v) is 13.1. The number of benzene rings is 6. The zero-order valence-corrected chi connectivity index (χ0v) is 28.7. The van der Waals surface area contributed by atoms with E-state index in [0.717, 1.165) is 62.7 Å². The molecule has 0 saturated heterocycles. The summed E-state index contributed by atoms with van der Waals surface area (Å²) in [5.41, 5.74) is 13.2. The van der Waals surface area contributed by atoms with Gasteiger partial charge in [-0.1, -0.05) is 115 Å². The second-order valence-corrected chi connectivity index (χ2v) is 15.6. The highest BCUT2D eigenvalue weighted by atomic mass is 16.3. The van der Waals surface area contributed by atoms with Crippen molar-refractivity contribution in [3.8, 4) is 56.4 Å². The first-order valence-corrected chi connectivity index (χ1v) is 18.8. The van der Waals surface area contributed by atoms with Crippen LogP contribution in [0.4, 0.5) is 0 Å². The molecule has 5 unspecified atom stereocenters. The van der Waals surface area contributed by atoms with Gasteiger partial charge in [0.2, 0.25) is 0 Å². The van der Waals surface area contributed by atoms with Gasteiger partial charge in [0.05, 0.1) is 0 Å². The van der Waals surface area contributed by atoms with E-state index in [0.29, 0.717) is 17.5 Å². The first-order valence-electron chi connectivity index (χ1n) is 18.8. The van der Waals surface area contributed by atoms with E-state index in [1.54, 1.807) is 11.1 Å². The Morgan fingerprint density at radius 1 is 0.500 bits per heavy atom. The predicted molar refractivity (Wildman–Crippen MR) is 207 cm³/mol. The maximum absolute atomic E-state index is 6.81. The Morgan fingerprint density at radius 3 is 1.94 bits per heavy atom. The van der Waals surface area contributed by atoms with Crippen molar-refractivity contribution in [1.29, 1.82) is 0 Å². The number of furan rings is 1. The van der Waals surface area contributed by atoms with Crippen LogP contribution in [0.2, 0.25) is 0 Å². The van der Waals surface area contributed by atoms with Crippen molar-refractivity contribution >= 4 is 21.9 Å². The molecule has 8 aromatic rings. The molecule has 248 valence electrons. The summed E-state index contributed by atoms with van der Waals surface area (Å²) in [6.45, 7) is 0. The highest BCUT2D eigenvalue weighted by Crippen LogP contribution is 2.73. The Labute approximate surface area is 302 Å². The third-order valence-electron chi connectivity index (χ3n) is 13.1. The fourth-order valence-corrected chi connectivity index (χ4v) is 11.3. The summed E-state index contributed by atoms with van der Waals surface area (Å²) in [6, 6.07) is 49.6. The molecule has 2 heterocycles. The molecule has 0 radical (unpaired) electrons. The van der Waals surface area contributed by atoms with E-state index in [2.05, 4.69) is 78.9 Å². The van der Waals surface area contributed by atoms with Gasteiger partial charge in [-0.3, -0.25) is 0 Å². The molecule has 0 amide bonds. The van der Waals surface area contributed by atoms with Crippen LogP contribution in [0.3, 0.4) is 0 Å². The molecule has 4 bridgehead atoms. The molecule has 2 aromatic heterocycles. The minimum absolute atomic E-state index is 0.106. The summed E-state index contributed by atoms with van der Waals surface area (Å²) in [6.07, 6.45) is 5.55. The number of hydrogen-bond donors (Lipinski definition) is 0. The molecule has 4 heteroatoms. The lowest BCUT2D eigenvalue weighted by atomic mass is 9.59. The Hall–Kier alpha value is -5.87. The largest absolute Gasteiger partial charge is 0.456 e. The van der Waals surface area contributed by atoms with Crippen LogP contribution in [0.5, 0.6) is 0 Å². The van der Waals surface area contributed by atoms with Gasteiger partial charge in [0.1, 0.15) is 11.2 Å². The van der Waals surface area contributed by atoms with E-state index >= 15 is 0 Å². The van der Waals surface area contributed by atoms with Gasteiger partial charge in [0, 0.05) is 32.9 Å². The van der Waals surface area contributed by atoms with Gasteiger partial charge in [-0.05, 0) is 107 Å². The molecular formula is C48H35N3O. The van der Waals surface area contributed by atoms with Crippen LogP contribution in [0, 0.1) is 23.7 Å². The average Bonchev–Trinajstić information content (AvgIpc) is 3.89. The first kappa shape index (κ1) is 28.8. The van der Waals surface area contributed by atoms with E-state index in [-0.39, 0.29) is 5.41 Å². The van der Waals surface area contributed by atoms with Crippen LogP contribution >= 0.6 is 0 Å². The van der Waals surface area contributed by atoms with E-state index in [1.807, 2.05) is 60.7 Å². The maximum atomic E-state index is 6.81. The zero-order valence-electron chi connectivity index (χ0n) is 28.7. The number of nitrogens with zero attached hydrogens (tertiary/aromatic N) is 3. The zero-order chi connectivity index (χ0) is 34.0. The Bertz CT molecular complexity index is 2670. The molecule has 4 nitrogen and oxygen atoms in total. The normalized spacial score (nSPS) is 23.5. The van der Waals surface area contributed by atoms with Gasteiger partial charge in [-0.2, -0.15) is 0 Å². The number of fused-ring (bicyclic) bond motifs is 7. The van der Waals surface area contributed by atoms with Crippen molar-refractivity contribution in [2.45, 2.75) is 31.1 Å². The predicted octanol–water partition coefficient (Wildman–Crippen LogP) is 11.8. The summed E-state index contributed by atoms with van der Waals surface area (Å²) < 4.78 is 6.81. The first-order chi connectivity index (χ1) is 25.7. The molecular weight excluding hydrogens is 635 g/mol. The van der Waals surface area contributed by atoms with E-state index in [1.165, 1.54) is 47.6 Å². The number of hydrogen-bond acceptors (Lipinski definition) is 4. The minimum Gasteiger partial charge on any atom is -0.456 e. The smallest absolute Gasteiger partial charge is 0.164 e. The van der Waals surface area contributed by atoms with Crippen molar-refractivity contribution in [2.24, 2.45) is 23.7 Å². The lowest BCUT2D eigenvalue weighted by molar-refractivity contribution is 0.192. The molecule has 6 aromatic carbocycles. The lowest BCUT2D eigenvalue weighted by Crippen LogP contribution is -2.40. The Balaban J connectivity index is 0.996. The van der Waals surface area contributed by atoms with Gasteiger partial charge in [-0.15, -0.1) is 0 Å². The van der Waals surface area contributed by atoms with Crippen molar-refractivity contribution < 1.29 is 4.42 Å². The van der Waals surface area contributed by atoms with Gasteiger partial charge in [0.25, 0.3) is 0 Å². The van der Waals surface area contributed by atoms with Crippen LogP contribution in [0.15, 0.2) is 144 Å². The number of rotatable bonds is 4. The van der Waals surface area contributed by atoms with Crippen LogP contribution < -0.4 is 0 Å². The molecule has 5 aliphatic carbocycles. The summed E-state index contributed by atoms with van der Waals surface area (Å²) in [5.74, 6) is 5.20. The third kappa shape index (κ3) is 3.90. The van der Waals surface area contributed by atoms with Gasteiger partial charge < -0.3 is 4.42 Å². The van der Waals surface area contributed by atoms with Crippen molar-refractivity contribution in [3.63, 3.8) is 0 Å². The molecule has 0 N–H and O–H groups in total. The van der Waals surface area contributed by atoms with Crippen molar-refractivity contribution in [1.82, 2.24) is 15.0 Å². The molecule has 5 atom stereocenters. The molecule has 0 aliphatic heterocycles.